The lowest BCUT2D eigenvalue weighted by atomic mass is 9.98. The van der Waals surface area contributed by atoms with Crippen LogP contribution in [0.4, 0.5) is 0 Å². The van der Waals surface area contributed by atoms with Gasteiger partial charge in [-0.15, -0.1) is 0 Å². The molecule has 0 saturated heterocycles. The van der Waals surface area contributed by atoms with E-state index >= 15 is 0 Å². The zero-order valence-corrected chi connectivity index (χ0v) is 5.25. The van der Waals surface area contributed by atoms with Gasteiger partial charge in [-0.25, -0.2) is 0 Å². The fraction of sp³-hybridized carbons (Fsp3) is 0.714. The highest BCUT2D eigenvalue weighted by Gasteiger charge is 2.44. The quantitative estimate of drug-likeness (QED) is 0.359. The monoisotopic (exact) mass is 125 g/mol. The van der Waals surface area contributed by atoms with Crippen molar-refractivity contribution in [1.82, 2.24) is 0 Å². The minimum atomic E-state index is -0.876. The summed E-state index contributed by atoms with van der Waals surface area (Å²) >= 11 is 0. The van der Waals surface area contributed by atoms with Crippen LogP contribution in [0.1, 0.15) is 12.8 Å². The van der Waals surface area contributed by atoms with E-state index in [9.17, 15) is 5.11 Å². The van der Waals surface area contributed by atoms with Gasteiger partial charge in [-0.2, -0.15) is 0 Å². The summed E-state index contributed by atoms with van der Waals surface area (Å²) in [5.74, 6) is 0.799. The third kappa shape index (κ3) is 0.635. The minimum Gasteiger partial charge on any atom is -0.375 e. The molecule has 0 aliphatic heterocycles. The molecule has 2 nitrogen and oxygen atoms in total. The summed E-state index contributed by atoms with van der Waals surface area (Å²) in [6.07, 6.45) is 6.02. The number of nitrogens with two attached hydrogens (primary N) is 1. The molecule has 2 rings (SSSR count). The molecule has 0 amide bonds. The van der Waals surface area contributed by atoms with Gasteiger partial charge in [-0.05, 0) is 18.8 Å². The molecule has 0 aromatic carbocycles. The lowest BCUT2D eigenvalue weighted by Crippen LogP contribution is -2.43. The molecule has 2 bridgehead atoms. The van der Waals surface area contributed by atoms with Gasteiger partial charge in [0.15, 0.2) is 0 Å². The van der Waals surface area contributed by atoms with Gasteiger partial charge in [0, 0.05) is 5.92 Å². The van der Waals surface area contributed by atoms with Crippen molar-refractivity contribution in [2.45, 2.75) is 18.6 Å². The van der Waals surface area contributed by atoms with Gasteiger partial charge in [-0.3, -0.25) is 0 Å². The average Bonchev–Trinajstić information content (AvgIpc) is 2.19. The summed E-state index contributed by atoms with van der Waals surface area (Å²) in [5.41, 5.74) is 4.69. The molecule has 0 radical (unpaired) electrons. The molecule has 0 heterocycles. The molecule has 1 fully saturated rings. The second-order valence-corrected chi connectivity index (χ2v) is 3.18. The van der Waals surface area contributed by atoms with Gasteiger partial charge in [0.25, 0.3) is 0 Å². The van der Waals surface area contributed by atoms with E-state index in [1.807, 2.05) is 6.08 Å². The minimum absolute atomic E-state index is 0.238. The van der Waals surface area contributed by atoms with Crippen molar-refractivity contribution in [3.05, 3.63) is 12.2 Å². The van der Waals surface area contributed by atoms with E-state index in [0.717, 1.165) is 12.8 Å². The van der Waals surface area contributed by atoms with Crippen molar-refractivity contribution >= 4 is 0 Å². The van der Waals surface area contributed by atoms with Crippen LogP contribution in [-0.2, 0) is 0 Å². The van der Waals surface area contributed by atoms with Gasteiger partial charge in [0.1, 0.15) is 5.72 Å². The Morgan fingerprint density at radius 3 is 2.56 bits per heavy atom. The summed E-state index contributed by atoms with van der Waals surface area (Å²) in [5, 5.41) is 9.41. The molecule has 0 aromatic rings. The maximum Gasteiger partial charge on any atom is 0.120 e. The summed E-state index contributed by atoms with van der Waals surface area (Å²) in [6.45, 7) is 0. The molecule has 0 aromatic heterocycles. The summed E-state index contributed by atoms with van der Waals surface area (Å²) in [4.78, 5) is 0. The Morgan fingerprint density at radius 1 is 1.56 bits per heavy atom. The van der Waals surface area contributed by atoms with Crippen LogP contribution in [0.2, 0.25) is 0 Å². The van der Waals surface area contributed by atoms with Crippen molar-refractivity contribution in [2.24, 2.45) is 17.6 Å². The average molecular weight is 125 g/mol. The van der Waals surface area contributed by atoms with E-state index in [1.165, 1.54) is 0 Å². The van der Waals surface area contributed by atoms with E-state index in [2.05, 4.69) is 6.08 Å². The summed E-state index contributed by atoms with van der Waals surface area (Å²) in [7, 11) is 0. The number of hydrogen-bond donors (Lipinski definition) is 2. The van der Waals surface area contributed by atoms with Gasteiger partial charge in [0.05, 0.1) is 0 Å². The zero-order valence-electron chi connectivity index (χ0n) is 5.25. The highest BCUT2D eigenvalue weighted by atomic mass is 16.3. The van der Waals surface area contributed by atoms with Crippen molar-refractivity contribution in [3.8, 4) is 0 Å². The first-order chi connectivity index (χ1) is 4.18. The Balaban J connectivity index is 2.29. The van der Waals surface area contributed by atoms with Crippen LogP contribution in [0.3, 0.4) is 0 Å². The molecule has 3 atom stereocenters. The predicted molar refractivity (Wildman–Crippen MR) is 34.5 cm³/mol. The van der Waals surface area contributed by atoms with Gasteiger partial charge >= 0.3 is 0 Å². The summed E-state index contributed by atoms with van der Waals surface area (Å²) in [6, 6.07) is 0. The number of allylic oxidation sites excluding steroid dienone is 1. The normalized spacial score (nSPS) is 54.9. The molecular formula is C7H11NO. The molecule has 50 valence electrons. The maximum atomic E-state index is 9.41. The smallest absolute Gasteiger partial charge is 0.120 e. The van der Waals surface area contributed by atoms with Crippen LogP contribution in [0, 0.1) is 11.8 Å². The fourth-order valence-electron chi connectivity index (χ4n) is 1.87. The first-order valence-electron chi connectivity index (χ1n) is 3.38. The lowest BCUT2D eigenvalue weighted by Gasteiger charge is -2.23. The second kappa shape index (κ2) is 1.39. The topological polar surface area (TPSA) is 46.2 Å². The molecule has 2 heteroatoms. The van der Waals surface area contributed by atoms with Crippen molar-refractivity contribution < 1.29 is 5.11 Å². The number of fused-ring (bicyclic) bond motifs is 2. The Bertz CT molecular complexity index is 162. The third-order valence-electron chi connectivity index (χ3n) is 2.40. The van der Waals surface area contributed by atoms with Crippen LogP contribution >= 0.6 is 0 Å². The molecule has 2 aliphatic carbocycles. The summed E-state index contributed by atoms with van der Waals surface area (Å²) < 4.78 is 0. The standard InChI is InChI=1S/C7H11NO/c8-7(9)4-5-1-2-6(7)3-5/h1-2,5-6,9H,3-4,8H2. The van der Waals surface area contributed by atoms with E-state index in [1.54, 1.807) is 0 Å². The SMILES string of the molecule is NC1(O)CC2C=CC1C2. The van der Waals surface area contributed by atoms with Gasteiger partial charge in [0.2, 0.25) is 0 Å². The molecule has 9 heavy (non-hydrogen) atoms. The van der Waals surface area contributed by atoms with E-state index in [4.69, 9.17) is 5.73 Å². The Labute approximate surface area is 54.4 Å². The van der Waals surface area contributed by atoms with Crippen LogP contribution in [0.15, 0.2) is 12.2 Å². The number of hydrogen-bond acceptors (Lipinski definition) is 2. The van der Waals surface area contributed by atoms with E-state index in [0.29, 0.717) is 5.92 Å². The Morgan fingerprint density at radius 2 is 2.33 bits per heavy atom. The first-order valence-corrected chi connectivity index (χ1v) is 3.38. The molecule has 2 aliphatic rings. The highest BCUT2D eigenvalue weighted by Crippen LogP contribution is 2.42. The van der Waals surface area contributed by atoms with Crippen LogP contribution in [0.5, 0.6) is 0 Å². The highest BCUT2D eigenvalue weighted by molar-refractivity contribution is 5.14. The van der Waals surface area contributed by atoms with E-state index < -0.39 is 5.72 Å². The molecule has 3 N–H and O–H groups in total. The lowest BCUT2D eigenvalue weighted by molar-refractivity contribution is 0.0215. The third-order valence-corrected chi connectivity index (χ3v) is 2.40. The van der Waals surface area contributed by atoms with Gasteiger partial charge < -0.3 is 10.8 Å². The van der Waals surface area contributed by atoms with Crippen LogP contribution in [-0.4, -0.2) is 10.8 Å². The molecule has 0 spiro atoms. The Hall–Kier alpha value is -0.340. The fourth-order valence-corrected chi connectivity index (χ4v) is 1.87. The number of rotatable bonds is 0. The first kappa shape index (κ1) is 5.45. The predicted octanol–water partition coefficient (Wildman–Crippen LogP) is 0.230. The molecular weight excluding hydrogens is 114 g/mol. The Kier molecular flexibility index (Phi) is 0.838. The molecule has 3 unspecified atom stereocenters. The zero-order chi connectivity index (χ0) is 6.48. The second-order valence-electron chi connectivity index (χ2n) is 3.18. The van der Waals surface area contributed by atoms with Crippen molar-refractivity contribution in [2.75, 3.05) is 0 Å². The van der Waals surface area contributed by atoms with Crippen LogP contribution < -0.4 is 5.73 Å². The molecule has 1 saturated carbocycles. The van der Waals surface area contributed by atoms with E-state index in [-0.39, 0.29) is 5.92 Å². The maximum absolute atomic E-state index is 9.41. The largest absolute Gasteiger partial charge is 0.375 e. The van der Waals surface area contributed by atoms with Gasteiger partial charge in [-0.1, -0.05) is 12.2 Å². The van der Waals surface area contributed by atoms with Crippen molar-refractivity contribution in [3.63, 3.8) is 0 Å². The van der Waals surface area contributed by atoms with Crippen LogP contribution in [0.25, 0.3) is 0 Å². The number of aliphatic hydroxyl groups is 1. The van der Waals surface area contributed by atoms with Crippen molar-refractivity contribution in [1.29, 1.82) is 0 Å².